The Kier molecular flexibility index (Phi) is 7.59. The lowest BCUT2D eigenvalue weighted by molar-refractivity contribution is -0.141. The number of nitrogens with zero attached hydrogens (tertiary/aromatic N) is 2. The molecule has 3 aliphatic rings. The Morgan fingerprint density at radius 1 is 1.05 bits per heavy atom. The highest BCUT2D eigenvalue weighted by Crippen LogP contribution is 2.37. The molecule has 37 heavy (non-hydrogen) atoms. The molecule has 5 rings (SSSR count). The highest BCUT2D eigenvalue weighted by Gasteiger charge is 2.44. The van der Waals surface area contributed by atoms with Crippen molar-refractivity contribution in [1.29, 1.82) is 0 Å². The van der Waals surface area contributed by atoms with E-state index in [4.69, 9.17) is 0 Å². The Labute approximate surface area is 220 Å². The van der Waals surface area contributed by atoms with E-state index in [-0.39, 0.29) is 41.6 Å². The Bertz CT molecular complexity index is 1110. The summed E-state index contributed by atoms with van der Waals surface area (Å²) < 4.78 is 0. The first-order chi connectivity index (χ1) is 17.8. The van der Waals surface area contributed by atoms with Gasteiger partial charge in [-0.15, -0.1) is 0 Å². The van der Waals surface area contributed by atoms with Crippen LogP contribution in [0.1, 0.15) is 76.2 Å². The van der Waals surface area contributed by atoms with Gasteiger partial charge in [0.15, 0.2) is 0 Å². The lowest BCUT2D eigenvalue weighted by Gasteiger charge is -2.51. The predicted octanol–water partition coefficient (Wildman–Crippen LogP) is 4.59. The molecule has 3 aliphatic heterocycles. The maximum absolute atomic E-state index is 13.6. The van der Waals surface area contributed by atoms with Crippen molar-refractivity contribution >= 4 is 28.6 Å². The van der Waals surface area contributed by atoms with E-state index < -0.39 is 0 Å². The number of aromatic amines is 1. The third kappa shape index (κ3) is 5.70. The van der Waals surface area contributed by atoms with Crippen LogP contribution in [0.25, 0.3) is 10.9 Å². The zero-order chi connectivity index (χ0) is 26.1. The van der Waals surface area contributed by atoms with Crippen molar-refractivity contribution in [1.82, 2.24) is 20.1 Å². The molecular formula is C30H42N4O3. The zero-order valence-electron chi connectivity index (χ0n) is 22.5. The standard InChI is InChI=1S/C30H42N4O3/c1-19(2)24-12-11-20(3)13-29(36)34-17-21-14-23(27(34)9-6-10-28(35)32-24)18-33(16-21)30(37)26-15-22-7-4-5-8-25(22)31-26/h4-5,7-8,15,19-21,23-24,27,31H,6,9-14,16-18H2,1-3H3,(H,32,35)/t20-,21+,23-,24+,27+/m1/s1. The summed E-state index contributed by atoms with van der Waals surface area (Å²) in [6, 6.07) is 10.2. The average molecular weight is 507 g/mol. The first kappa shape index (κ1) is 25.8. The number of carbonyl (C=O) groups is 3. The second kappa shape index (κ2) is 10.9. The molecular weight excluding hydrogens is 464 g/mol. The van der Waals surface area contributed by atoms with E-state index in [2.05, 4.69) is 36.0 Å². The molecule has 4 heterocycles. The normalized spacial score (nSPS) is 29.8. The molecule has 2 N–H and O–H groups in total. The minimum atomic E-state index is 0.0445. The maximum atomic E-state index is 13.6. The number of H-pyrrole nitrogens is 1. The molecule has 0 saturated carbocycles. The highest BCUT2D eigenvalue weighted by atomic mass is 16.2. The van der Waals surface area contributed by atoms with E-state index in [0.29, 0.717) is 50.0 Å². The lowest BCUT2D eigenvalue weighted by Crippen LogP contribution is -2.60. The number of amides is 3. The van der Waals surface area contributed by atoms with Gasteiger partial charge in [0, 0.05) is 55.5 Å². The zero-order valence-corrected chi connectivity index (χ0v) is 22.5. The van der Waals surface area contributed by atoms with Crippen LogP contribution in [-0.2, 0) is 9.59 Å². The molecule has 0 spiro atoms. The van der Waals surface area contributed by atoms with Gasteiger partial charge in [-0.1, -0.05) is 39.0 Å². The van der Waals surface area contributed by atoms with Crippen molar-refractivity contribution in [2.75, 3.05) is 19.6 Å². The fourth-order valence-corrected chi connectivity index (χ4v) is 6.83. The summed E-state index contributed by atoms with van der Waals surface area (Å²) in [5.74, 6) is 1.63. The minimum absolute atomic E-state index is 0.0445. The third-order valence-corrected chi connectivity index (χ3v) is 8.89. The third-order valence-electron chi connectivity index (χ3n) is 8.89. The molecule has 2 bridgehead atoms. The second-order valence-corrected chi connectivity index (χ2v) is 12.2. The Hall–Kier alpha value is -2.83. The minimum Gasteiger partial charge on any atom is -0.353 e. The van der Waals surface area contributed by atoms with Gasteiger partial charge in [0.1, 0.15) is 5.69 Å². The number of rotatable bonds is 2. The highest BCUT2D eigenvalue weighted by molar-refractivity contribution is 5.98. The molecule has 1 aromatic heterocycles. The molecule has 2 aromatic rings. The second-order valence-electron chi connectivity index (χ2n) is 12.2. The van der Waals surface area contributed by atoms with Gasteiger partial charge in [-0.05, 0) is 67.9 Å². The van der Waals surface area contributed by atoms with Crippen molar-refractivity contribution in [3.8, 4) is 0 Å². The topological polar surface area (TPSA) is 85.5 Å². The fourth-order valence-electron chi connectivity index (χ4n) is 6.83. The van der Waals surface area contributed by atoms with Crippen LogP contribution in [-0.4, -0.2) is 64.2 Å². The van der Waals surface area contributed by atoms with E-state index in [1.54, 1.807) is 0 Å². The van der Waals surface area contributed by atoms with Crippen LogP contribution in [0.4, 0.5) is 0 Å². The summed E-state index contributed by atoms with van der Waals surface area (Å²) in [6.07, 6.45) is 5.52. The van der Waals surface area contributed by atoms with Crippen LogP contribution >= 0.6 is 0 Å². The number of likely N-dealkylation sites (tertiary alicyclic amines) is 1. The van der Waals surface area contributed by atoms with Crippen LogP contribution in [0.2, 0.25) is 0 Å². The van der Waals surface area contributed by atoms with Crippen molar-refractivity contribution in [3.05, 3.63) is 36.0 Å². The van der Waals surface area contributed by atoms with E-state index in [9.17, 15) is 14.4 Å². The number of hydrogen-bond donors (Lipinski definition) is 2. The van der Waals surface area contributed by atoms with Gasteiger partial charge in [-0.25, -0.2) is 0 Å². The molecule has 3 amide bonds. The first-order valence-corrected chi connectivity index (χ1v) is 14.2. The van der Waals surface area contributed by atoms with E-state index in [1.165, 1.54) is 0 Å². The molecule has 0 unspecified atom stereocenters. The number of aromatic nitrogens is 1. The number of fused-ring (bicyclic) bond motifs is 5. The molecule has 0 radical (unpaired) electrons. The van der Waals surface area contributed by atoms with Crippen LogP contribution in [0.3, 0.4) is 0 Å². The molecule has 3 saturated heterocycles. The van der Waals surface area contributed by atoms with Crippen molar-refractivity contribution in [2.45, 2.75) is 77.8 Å². The fraction of sp³-hybridized carbons (Fsp3) is 0.633. The quantitative estimate of drug-likeness (QED) is 0.625. The SMILES string of the molecule is CC(C)[C@@H]1CC[C@@H](C)CC(=O)N2C[C@H]3C[C@H](CN(C(=O)c4cc5ccccc5[nH]4)C3)[C@@H]2CCCC(=O)N1. The van der Waals surface area contributed by atoms with Gasteiger partial charge >= 0.3 is 0 Å². The summed E-state index contributed by atoms with van der Waals surface area (Å²) in [4.78, 5) is 47.2. The van der Waals surface area contributed by atoms with Crippen LogP contribution < -0.4 is 5.32 Å². The number of piperidine rings is 2. The molecule has 200 valence electrons. The molecule has 0 aliphatic carbocycles. The first-order valence-electron chi connectivity index (χ1n) is 14.2. The summed E-state index contributed by atoms with van der Waals surface area (Å²) >= 11 is 0. The Balaban J connectivity index is 1.33. The number of carbonyl (C=O) groups excluding carboxylic acids is 3. The number of benzene rings is 1. The summed E-state index contributed by atoms with van der Waals surface area (Å²) in [5.41, 5.74) is 1.61. The maximum Gasteiger partial charge on any atom is 0.270 e. The van der Waals surface area contributed by atoms with Crippen molar-refractivity contribution < 1.29 is 14.4 Å². The number of para-hydroxylation sites is 1. The van der Waals surface area contributed by atoms with Gasteiger partial charge in [0.05, 0.1) is 0 Å². The Morgan fingerprint density at radius 3 is 2.65 bits per heavy atom. The summed E-state index contributed by atoms with van der Waals surface area (Å²) in [7, 11) is 0. The van der Waals surface area contributed by atoms with E-state index in [1.807, 2.05) is 35.2 Å². The van der Waals surface area contributed by atoms with Gasteiger partial charge in [-0.3, -0.25) is 14.4 Å². The largest absolute Gasteiger partial charge is 0.353 e. The molecule has 7 heteroatoms. The average Bonchev–Trinajstić information content (AvgIpc) is 3.30. The number of hydrogen-bond acceptors (Lipinski definition) is 3. The smallest absolute Gasteiger partial charge is 0.270 e. The molecule has 1 aromatic carbocycles. The lowest BCUT2D eigenvalue weighted by atomic mass is 9.77. The van der Waals surface area contributed by atoms with Crippen molar-refractivity contribution in [3.63, 3.8) is 0 Å². The van der Waals surface area contributed by atoms with Crippen LogP contribution in [0, 0.1) is 23.7 Å². The van der Waals surface area contributed by atoms with E-state index >= 15 is 0 Å². The van der Waals surface area contributed by atoms with Gasteiger partial charge in [0.2, 0.25) is 11.8 Å². The van der Waals surface area contributed by atoms with Gasteiger partial charge in [-0.2, -0.15) is 0 Å². The van der Waals surface area contributed by atoms with Gasteiger partial charge in [0.25, 0.3) is 5.91 Å². The predicted molar refractivity (Wildman–Crippen MR) is 145 cm³/mol. The van der Waals surface area contributed by atoms with Crippen LogP contribution in [0.15, 0.2) is 30.3 Å². The summed E-state index contributed by atoms with van der Waals surface area (Å²) in [6.45, 7) is 8.54. The molecule has 3 fully saturated rings. The van der Waals surface area contributed by atoms with E-state index in [0.717, 1.165) is 43.0 Å². The van der Waals surface area contributed by atoms with Gasteiger partial charge < -0.3 is 20.1 Å². The van der Waals surface area contributed by atoms with Crippen LogP contribution in [0.5, 0.6) is 0 Å². The Morgan fingerprint density at radius 2 is 1.86 bits per heavy atom. The number of nitrogens with one attached hydrogen (secondary N) is 2. The summed E-state index contributed by atoms with van der Waals surface area (Å²) in [5, 5.41) is 4.30. The molecule has 7 nitrogen and oxygen atoms in total. The monoisotopic (exact) mass is 506 g/mol. The van der Waals surface area contributed by atoms with Crippen molar-refractivity contribution in [2.24, 2.45) is 23.7 Å². The molecule has 5 atom stereocenters.